The van der Waals surface area contributed by atoms with Gasteiger partial charge < -0.3 is 8.85 Å². The molecule has 0 aliphatic carbocycles. The minimum atomic E-state index is -2.16. The molecule has 0 N–H and O–H groups in total. The van der Waals surface area contributed by atoms with Gasteiger partial charge in [0.15, 0.2) is 0 Å². The number of hydrogen-bond acceptors (Lipinski definition) is 2. The number of unbranched alkanes of at least 4 members (excludes halogenated alkanes) is 12. The summed E-state index contributed by atoms with van der Waals surface area (Å²) in [4.78, 5) is 0. The average Bonchev–Trinajstić information content (AvgIpc) is 2.62. The maximum Gasteiger partial charge on any atom is 0.361 e. The highest BCUT2D eigenvalue weighted by Gasteiger charge is 2.29. The predicted molar refractivity (Wildman–Crippen MR) is 119 cm³/mol. The zero-order valence-corrected chi connectivity index (χ0v) is 19.5. The summed E-state index contributed by atoms with van der Waals surface area (Å²) < 4.78 is 12.2. The molecule has 26 heavy (non-hydrogen) atoms. The van der Waals surface area contributed by atoms with Crippen LogP contribution in [0, 0.1) is 0 Å². The molecule has 0 aliphatic heterocycles. The highest BCUT2D eigenvalue weighted by molar-refractivity contribution is 6.71. The molecule has 0 fully saturated rings. The van der Waals surface area contributed by atoms with Crippen LogP contribution in [0.15, 0.2) is 12.3 Å². The third-order valence-electron chi connectivity index (χ3n) is 5.14. The zero-order chi connectivity index (χ0) is 19.5. The second-order valence-electron chi connectivity index (χ2n) is 8.03. The van der Waals surface area contributed by atoms with Crippen molar-refractivity contribution in [2.45, 2.75) is 130 Å². The second-order valence-corrected chi connectivity index (χ2v) is 11.0. The van der Waals surface area contributed by atoms with Crippen LogP contribution in [-0.2, 0) is 8.85 Å². The van der Waals surface area contributed by atoms with Crippen LogP contribution in [0.3, 0.4) is 0 Å². The molecule has 0 radical (unpaired) electrons. The predicted octanol–water partition coefficient (Wildman–Crippen LogP) is 8.10. The van der Waals surface area contributed by atoms with Crippen LogP contribution in [0.5, 0.6) is 0 Å². The van der Waals surface area contributed by atoms with E-state index in [4.69, 9.17) is 8.85 Å². The van der Waals surface area contributed by atoms with Gasteiger partial charge in [-0.2, -0.15) is 0 Å². The van der Waals surface area contributed by atoms with E-state index in [1.165, 1.54) is 77.0 Å². The summed E-state index contributed by atoms with van der Waals surface area (Å²) in [6.07, 6.45) is 20.5. The molecule has 0 rings (SSSR count). The molecule has 0 aromatic heterocycles. The third kappa shape index (κ3) is 16.1. The quantitative estimate of drug-likeness (QED) is 0.156. The monoisotopic (exact) mass is 384 g/mol. The molecule has 0 saturated carbocycles. The summed E-state index contributed by atoms with van der Waals surface area (Å²) >= 11 is 0. The summed E-state index contributed by atoms with van der Waals surface area (Å²) in [6.45, 7) is 13.5. The molecule has 0 bridgehead atoms. The van der Waals surface area contributed by atoms with Crippen molar-refractivity contribution in [2.75, 3.05) is 6.61 Å². The van der Waals surface area contributed by atoms with Crippen molar-refractivity contribution < 1.29 is 8.85 Å². The molecule has 0 aromatic carbocycles. The van der Waals surface area contributed by atoms with Crippen LogP contribution in [0.4, 0.5) is 0 Å². The van der Waals surface area contributed by atoms with Crippen molar-refractivity contribution in [3.63, 3.8) is 0 Å². The normalized spacial score (nSPS) is 14.9. The average molecular weight is 385 g/mol. The minimum Gasteiger partial charge on any atom is -0.391 e. The molecule has 2 unspecified atom stereocenters. The van der Waals surface area contributed by atoms with Crippen molar-refractivity contribution in [1.29, 1.82) is 0 Å². The lowest BCUT2D eigenvalue weighted by molar-refractivity contribution is 0.127. The Morgan fingerprint density at radius 2 is 1.23 bits per heavy atom. The molecule has 0 amide bonds. The molecule has 0 aromatic rings. The van der Waals surface area contributed by atoms with E-state index in [0.717, 1.165) is 25.9 Å². The van der Waals surface area contributed by atoms with E-state index in [9.17, 15) is 0 Å². The molecule has 0 aliphatic rings. The number of hydrogen-bond donors (Lipinski definition) is 0. The van der Waals surface area contributed by atoms with Crippen LogP contribution >= 0.6 is 0 Å². The SMILES string of the molecule is C=C[Si](C)(OCCCCCCCCCCCCCCC)OC(C)CCC. The van der Waals surface area contributed by atoms with Crippen molar-refractivity contribution in [3.05, 3.63) is 12.3 Å². The van der Waals surface area contributed by atoms with Gasteiger partial charge in [0.2, 0.25) is 0 Å². The minimum absolute atomic E-state index is 0.279. The van der Waals surface area contributed by atoms with Crippen molar-refractivity contribution >= 4 is 8.56 Å². The van der Waals surface area contributed by atoms with Gasteiger partial charge in [-0.05, 0) is 32.0 Å². The first kappa shape index (κ1) is 25.9. The smallest absolute Gasteiger partial charge is 0.361 e. The molecule has 0 heterocycles. The van der Waals surface area contributed by atoms with Gasteiger partial charge >= 0.3 is 8.56 Å². The fourth-order valence-corrected chi connectivity index (χ4v) is 5.15. The lowest BCUT2D eigenvalue weighted by Crippen LogP contribution is -2.40. The molecule has 2 atom stereocenters. The van der Waals surface area contributed by atoms with Gasteiger partial charge in [0.25, 0.3) is 0 Å². The number of rotatable bonds is 20. The van der Waals surface area contributed by atoms with E-state index in [-0.39, 0.29) is 6.10 Å². The highest BCUT2D eigenvalue weighted by Crippen LogP contribution is 2.16. The van der Waals surface area contributed by atoms with Crippen LogP contribution in [-0.4, -0.2) is 21.3 Å². The van der Waals surface area contributed by atoms with Crippen molar-refractivity contribution in [1.82, 2.24) is 0 Å². The summed E-state index contributed by atoms with van der Waals surface area (Å²) in [6, 6.07) is 0. The molecule has 0 saturated heterocycles. The van der Waals surface area contributed by atoms with Gasteiger partial charge in [-0.1, -0.05) is 97.3 Å². The van der Waals surface area contributed by atoms with Crippen molar-refractivity contribution in [2.24, 2.45) is 0 Å². The lowest BCUT2D eigenvalue weighted by Gasteiger charge is -2.27. The lowest BCUT2D eigenvalue weighted by atomic mass is 10.0. The van der Waals surface area contributed by atoms with E-state index in [1.807, 2.05) is 5.70 Å². The largest absolute Gasteiger partial charge is 0.391 e. The third-order valence-corrected chi connectivity index (χ3v) is 7.53. The maximum absolute atomic E-state index is 6.14. The van der Waals surface area contributed by atoms with Crippen LogP contribution in [0.1, 0.15) is 117 Å². The van der Waals surface area contributed by atoms with E-state index < -0.39 is 8.56 Å². The first-order chi connectivity index (χ1) is 12.6. The van der Waals surface area contributed by atoms with Gasteiger partial charge in [-0.25, -0.2) is 0 Å². The van der Waals surface area contributed by atoms with Crippen LogP contribution in [0.25, 0.3) is 0 Å². The van der Waals surface area contributed by atoms with Gasteiger partial charge in [0, 0.05) is 12.7 Å². The van der Waals surface area contributed by atoms with Gasteiger partial charge in [0.1, 0.15) is 0 Å². The van der Waals surface area contributed by atoms with E-state index in [0.29, 0.717) is 0 Å². The molecule has 2 nitrogen and oxygen atoms in total. The fraction of sp³-hybridized carbons (Fsp3) is 0.913. The highest BCUT2D eigenvalue weighted by atomic mass is 28.4. The van der Waals surface area contributed by atoms with E-state index in [1.54, 1.807) is 0 Å². The van der Waals surface area contributed by atoms with E-state index >= 15 is 0 Å². The Kier molecular flexibility index (Phi) is 18.2. The molecule has 156 valence electrons. The summed E-state index contributed by atoms with van der Waals surface area (Å²) in [5.74, 6) is 0. The standard InChI is InChI=1S/C23H48O2Si/c1-6-9-10-11-12-13-14-15-16-17-18-19-20-22-24-26(5,8-3)25-23(4)21-7-2/h8,23H,3,6-7,9-22H2,1-2,4-5H3. The topological polar surface area (TPSA) is 18.5 Å². The van der Waals surface area contributed by atoms with Gasteiger partial charge in [-0.15, -0.1) is 6.58 Å². The maximum atomic E-state index is 6.14. The molecule has 3 heteroatoms. The Morgan fingerprint density at radius 3 is 1.65 bits per heavy atom. The zero-order valence-electron chi connectivity index (χ0n) is 18.5. The Bertz CT molecular complexity index is 309. The van der Waals surface area contributed by atoms with Gasteiger partial charge in [-0.3, -0.25) is 0 Å². The first-order valence-electron chi connectivity index (χ1n) is 11.5. The molecular weight excluding hydrogens is 336 g/mol. The summed E-state index contributed by atoms with van der Waals surface area (Å²) in [5, 5.41) is 0. The van der Waals surface area contributed by atoms with Crippen molar-refractivity contribution in [3.8, 4) is 0 Å². The Hall–Kier alpha value is -0.123. The Balaban J connectivity index is 3.44. The van der Waals surface area contributed by atoms with E-state index in [2.05, 4.69) is 33.9 Å². The Morgan fingerprint density at radius 1 is 0.769 bits per heavy atom. The Labute approximate surface area is 166 Å². The summed E-state index contributed by atoms with van der Waals surface area (Å²) in [5.41, 5.74) is 1.93. The van der Waals surface area contributed by atoms with Crippen LogP contribution in [0.2, 0.25) is 6.55 Å². The van der Waals surface area contributed by atoms with Gasteiger partial charge in [0.05, 0.1) is 0 Å². The van der Waals surface area contributed by atoms with Crippen LogP contribution < -0.4 is 0 Å². The first-order valence-corrected chi connectivity index (χ1v) is 13.9. The molecular formula is C23H48O2Si. The second kappa shape index (κ2) is 18.2. The fourth-order valence-electron chi connectivity index (χ4n) is 3.40. The summed E-state index contributed by atoms with van der Waals surface area (Å²) in [7, 11) is -2.16. The molecule has 0 spiro atoms.